The summed E-state index contributed by atoms with van der Waals surface area (Å²) < 4.78 is 1.64. The molecule has 0 aliphatic carbocycles. The van der Waals surface area contributed by atoms with E-state index >= 15 is 0 Å². The number of carbonyl (C=O) groups is 1. The van der Waals surface area contributed by atoms with Crippen molar-refractivity contribution in [2.24, 2.45) is 0 Å². The first-order valence-corrected chi connectivity index (χ1v) is 7.04. The van der Waals surface area contributed by atoms with Gasteiger partial charge in [0.15, 0.2) is 10.9 Å². The van der Waals surface area contributed by atoms with Gasteiger partial charge in [0.2, 0.25) is 5.91 Å². The average Bonchev–Trinajstić information content (AvgIpc) is 3.11. The lowest BCUT2D eigenvalue weighted by Crippen LogP contribution is -2.15. The number of aromatic nitrogens is 4. The van der Waals surface area contributed by atoms with Gasteiger partial charge in [-0.2, -0.15) is 5.10 Å². The fraction of sp³-hybridized carbons (Fsp3) is 0.0769. The van der Waals surface area contributed by atoms with E-state index in [4.69, 9.17) is 5.73 Å². The van der Waals surface area contributed by atoms with Crippen LogP contribution in [0.2, 0.25) is 0 Å². The number of nitrogens with zero attached hydrogens (tertiary/aromatic N) is 4. The van der Waals surface area contributed by atoms with Crippen LogP contribution in [-0.4, -0.2) is 25.7 Å². The number of pyridine rings is 1. The Bertz CT molecular complexity index is 734. The van der Waals surface area contributed by atoms with Gasteiger partial charge in [-0.3, -0.25) is 4.79 Å². The van der Waals surface area contributed by atoms with E-state index in [0.717, 1.165) is 0 Å². The van der Waals surface area contributed by atoms with Gasteiger partial charge in [0, 0.05) is 17.8 Å². The summed E-state index contributed by atoms with van der Waals surface area (Å²) in [5.41, 5.74) is 6.81. The number of nitrogen functional groups attached to an aromatic ring is 1. The van der Waals surface area contributed by atoms with E-state index in [0.29, 0.717) is 22.3 Å². The van der Waals surface area contributed by atoms with Gasteiger partial charge in [0.25, 0.3) is 0 Å². The second-order valence-electron chi connectivity index (χ2n) is 4.26. The Balaban J connectivity index is 1.63. The highest BCUT2D eigenvalue weighted by Crippen LogP contribution is 2.13. The number of rotatable bonds is 4. The Kier molecular flexibility index (Phi) is 3.61. The molecular formula is C13H12N6OS. The molecule has 0 atom stereocenters. The molecule has 3 rings (SSSR count). The summed E-state index contributed by atoms with van der Waals surface area (Å²) in [5.74, 6) is 0.527. The van der Waals surface area contributed by atoms with Gasteiger partial charge in [-0.05, 0) is 18.2 Å². The molecule has 21 heavy (non-hydrogen) atoms. The first kappa shape index (κ1) is 13.3. The Morgan fingerprint density at radius 3 is 2.95 bits per heavy atom. The molecule has 3 aromatic rings. The third-order valence-corrected chi connectivity index (χ3v) is 3.40. The fourth-order valence-corrected chi connectivity index (χ4v) is 2.34. The first-order valence-electron chi connectivity index (χ1n) is 6.16. The molecule has 0 fully saturated rings. The van der Waals surface area contributed by atoms with E-state index in [-0.39, 0.29) is 12.3 Å². The van der Waals surface area contributed by atoms with Crippen LogP contribution < -0.4 is 11.1 Å². The van der Waals surface area contributed by atoms with Gasteiger partial charge in [0.1, 0.15) is 0 Å². The smallest absolute Gasteiger partial charge is 0.230 e. The summed E-state index contributed by atoms with van der Waals surface area (Å²) in [7, 11) is 0. The highest BCUT2D eigenvalue weighted by molar-refractivity contribution is 7.13. The molecule has 0 spiro atoms. The zero-order valence-corrected chi connectivity index (χ0v) is 11.7. The van der Waals surface area contributed by atoms with Gasteiger partial charge in [0.05, 0.1) is 24.0 Å². The largest absolute Gasteiger partial charge is 0.375 e. The molecule has 1 amide bonds. The molecule has 0 unspecified atom stereocenters. The highest BCUT2D eigenvalue weighted by Gasteiger charge is 2.07. The van der Waals surface area contributed by atoms with Gasteiger partial charge in [-0.25, -0.2) is 14.6 Å². The van der Waals surface area contributed by atoms with Gasteiger partial charge < -0.3 is 11.1 Å². The molecule has 0 saturated carbocycles. The number of nitrogens with one attached hydrogen (secondary N) is 1. The predicted octanol–water partition coefficient (Wildman–Crippen LogP) is 1.49. The predicted molar refractivity (Wildman–Crippen MR) is 80.2 cm³/mol. The molecular weight excluding hydrogens is 288 g/mol. The summed E-state index contributed by atoms with van der Waals surface area (Å²) >= 11 is 1.32. The van der Waals surface area contributed by atoms with Crippen molar-refractivity contribution in [2.45, 2.75) is 6.42 Å². The molecule has 0 aliphatic rings. The lowest BCUT2D eigenvalue weighted by Gasteiger charge is -2.05. The van der Waals surface area contributed by atoms with Crippen molar-refractivity contribution >= 4 is 28.1 Å². The lowest BCUT2D eigenvalue weighted by atomic mass is 10.3. The van der Waals surface area contributed by atoms with E-state index in [9.17, 15) is 4.79 Å². The van der Waals surface area contributed by atoms with Crippen molar-refractivity contribution < 1.29 is 4.79 Å². The normalized spacial score (nSPS) is 10.5. The third kappa shape index (κ3) is 3.23. The van der Waals surface area contributed by atoms with Gasteiger partial charge in [-0.15, -0.1) is 11.3 Å². The number of amides is 1. The van der Waals surface area contributed by atoms with E-state index in [1.54, 1.807) is 40.8 Å². The molecule has 3 heterocycles. The van der Waals surface area contributed by atoms with Crippen molar-refractivity contribution in [1.82, 2.24) is 19.7 Å². The molecule has 0 bridgehead atoms. The minimum absolute atomic E-state index is 0.158. The van der Waals surface area contributed by atoms with Crippen LogP contribution in [0.1, 0.15) is 5.69 Å². The maximum absolute atomic E-state index is 11.9. The number of anilines is 2. The van der Waals surface area contributed by atoms with E-state index in [1.165, 1.54) is 11.3 Å². The van der Waals surface area contributed by atoms with Crippen molar-refractivity contribution in [3.63, 3.8) is 0 Å². The average molecular weight is 300 g/mol. The zero-order chi connectivity index (χ0) is 14.7. The maximum atomic E-state index is 11.9. The third-order valence-electron chi connectivity index (χ3n) is 2.68. The quantitative estimate of drug-likeness (QED) is 0.760. The summed E-state index contributed by atoms with van der Waals surface area (Å²) in [6.45, 7) is 0. The fourth-order valence-electron chi connectivity index (χ4n) is 1.77. The number of carbonyl (C=O) groups excluding carboxylic acids is 1. The summed E-state index contributed by atoms with van der Waals surface area (Å²) in [6.07, 6.45) is 5.25. The van der Waals surface area contributed by atoms with E-state index < -0.39 is 0 Å². The van der Waals surface area contributed by atoms with Crippen molar-refractivity contribution in [3.8, 4) is 5.82 Å². The van der Waals surface area contributed by atoms with E-state index in [1.807, 2.05) is 6.07 Å². The van der Waals surface area contributed by atoms with E-state index in [2.05, 4.69) is 20.4 Å². The number of hydrogen-bond donors (Lipinski definition) is 2. The summed E-state index contributed by atoms with van der Waals surface area (Å²) in [4.78, 5) is 20.2. The SMILES string of the molecule is Nc1nc(CC(=O)Nc2ccc(-n3cccn3)nc2)cs1. The van der Waals surface area contributed by atoms with Crippen LogP contribution in [0.15, 0.2) is 42.2 Å². The van der Waals surface area contributed by atoms with Crippen molar-refractivity contribution in [2.75, 3.05) is 11.1 Å². The molecule has 8 heteroatoms. The Morgan fingerprint density at radius 2 is 2.33 bits per heavy atom. The molecule has 106 valence electrons. The second-order valence-corrected chi connectivity index (χ2v) is 5.15. The highest BCUT2D eigenvalue weighted by atomic mass is 32.1. The Hall–Kier alpha value is -2.74. The number of hydrogen-bond acceptors (Lipinski definition) is 6. The van der Waals surface area contributed by atoms with Crippen LogP contribution >= 0.6 is 11.3 Å². The standard InChI is InChI=1S/C13H12N6OS/c14-13-18-10(8-21-13)6-12(20)17-9-2-3-11(15-7-9)19-5-1-4-16-19/h1-5,7-8H,6H2,(H2,14,18)(H,17,20). The summed E-state index contributed by atoms with van der Waals surface area (Å²) in [6, 6.07) is 5.37. The maximum Gasteiger partial charge on any atom is 0.230 e. The zero-order valence-electron chi connectivity index (χ0n) is 10.9. The lowest BCUT2D eigenvalue weighted by molar-refractivity contribution is -0.115. The first-order chi connectivity index (χ1) is 10.2. The van der Waals surface area contributed by atoms with Crippen molar-refractivity contribution in [3.05, 3.63) is 47.9 Å². The van der Waals surface area contributed by atoms with Crippen LogP contribution in [0.5, 0.6) is 0 Å². The Labute approximate surface area is 124 Å². The van der Waals surface area contributed by atoms with Crippen LogP contribution in [0.4, 0.5) is 10.8 Å². The minimum Gasteiger partial charge on any atom is -0.375 e. The molecule has 0 aliphatic heterocycles. The molecule has 0 radical (unpaired) electrons. The minimum atomic E-state index is -0.158. The topological polar surface area (TPSA) is 98.7 Å². The molecule has 0 aromatic carbocycles. The van der Waals surface area contributed by atoms with Crippen LogP contribution in [0.3, 0.4) is 0 Å². The molecule has 3 N–H and O–H groups in total. The molecule has 3 aromatic heterocycles. The summed E-state index contributed by atoms with van der Waals surface area (Å²) in [5, 5.41) is 9.08. The monoisotopic (exact) mass is 300 g/mol. The molecule has 7 nitrogen and oxygen atoms in total. The van der Waals surface area contributed by atoms with Crippen LogP contribution in [0, 0.1) is 0 Å². The number of thiazole rings is 1. The second kappa shape index (κ2) is 5.71. The van der Waals surface area contributed by atoms with Gasteiger partial charge >= 0.3 is 0 Å². The van der Waals surface area contributed by atoms with Crippen molar-refractivity contribution in [1.29, 1.82) is 0 Å². The molecule has 0 saturated heterocycles. The Morgan fingerprint density at radius 1 is 1.43 bits per heavy atom. The number of nitrogens with two attached hydrogens (primary N) is 1. The van der Waals surface area contributed by atoms with Gasteiger partial charge in [-0.1, -0.05) is 0 Å². The van der Waals surface area contributed by atoms with Crippen LogP contribution in [-0.2, 0) is 11.2 Å². The van der Waals surface area contributed by atoms with Crippen LogP contribution in [0.25, 0.3) is 5.82 Å².